The van der Waals surface area contributed by atoms with E-state index in [0.717, 1.165) is 18.1 Å². The smallest absolute Gasteiger partial charge is 0.0459 e. The number of aliphatic hydroxyl groups excluding tert-OH is 1. The maximum atomic E-state index is 9.17. The Bertz CT molecular complexity index is 126. The molecule has 15 heavy (non-hydrogen) atoms. The van der Waals surface area contributed by atoms with E-state index < -0.39 is 0 Å². The van der Waals surface area contributed by atoms with E-state index in [1.54, 1.807) is 11.8 Å². The molecular formula is C13H27OS. The summed E-state index contributed by atoms with van der Waals surface area (Å²) in [7, 11) is 0. The van der Waals surface area contributed by atoms with Gasteiger partial charge in [0.15, 0.2) is 0 Å². The third kappa shape index (κ3) is 10.6. The Morgan fingerprint density at radius 2 is 1.73 bits per heavy atom. The van der Waals surface area contributed by atoms with E-state index in [1.165, 1.54) is 32.1 Å². The molecule has 0 bridgehead atoms. The molecule has 0 spiro atoms. The van der Waals surface area contributed by atoms with Crippen molar-refractivity contribution in [1.82, 2.24) is 0 Å². The van der Waals surface area contributed by atoms with E-state index in [1.807, 2.05) is 0 Å². The molecule has 1 radical (unpaired) electrons. The van der Waals surface area contributed by atoms with Crippen molar-refractivity contribution in [2.24, 2.45) is 11.8 Å². The zero-order chi connectivity index (χ0) is 11.5. The number of rotatable bonds is 10. The highest BCUT2D eigenvalue weighted by molar-refractivity contribution is 8.00. The van der Waals surface area contributed by atoms with E-state index in [9.17, 15) is 0 Å². The number of hydrogen-bond acceptors (Lipinski definition) is 2. The van der Waals surface area contributed by atoms with E-state index >= 15 is 0 Å². The van der Waals surface area contributed by atoms with Gasteiger partial charge in [-0.1, -0.05) is 39.5 Å². The molecule has 2 heteroatoms. The monoisotopic (exact) mass is 231 g/mol. The molecule has 1 atom stereocenters. The van der Waals surface area contributed by atoms with Crippen LogP contribution in [-0.4, -0.2) is 17.5 Å². The normalized spacial score (nSPS) is 13.4. The number of aliphatic hydroxyl groups is 1. The van der Waals surface area contributed by atoms with Gasteiger partial charge in [0.05, 0.1) is 0 Å². The molecule has 0 rings (SSSR count). The molecule has 0 aliphatic heterocycles. The van der Waals surface area contributed by atoms with Crippen LogP contribution in [0.2, 0.25) is 0 Å². The second-order valence-electron chi connectivity index (χ2n) is 4.78. The van der Waals surface area contributed by atoms with Crippen LogP contribution in [0.1, 0.15) is 52.4 Å². The zero-order valence-corrected chi connectivity index (χ0v) is 11.2. The van der Waals surface area contributed by atoms with Crippen molar-refractivity contribution in [3.63, 3.8) is 0 Å². The van der Waals surface area contributed by atoms with E-state index in [2.05, 4.69) is 20.1 Å². The van der Waals surface area contributed by atoms with E-state index in [4.69, 9.17) is 5.11 Å². The fourth-order valence-corrected chi connectivity index (χ4v) is 2.24. The van der Waals surface area contributed by atoms with Gasteiger partial charge in [-0.15, -0.1) is 0 Å². The fraction of sp³-hybridized carbons (Fsp3) is 0.923. The number of thioether (sulfide) groups is 1. The predicted molar refractivity (Wildman–Crippen MR) is 70.9 cm³/mol. The Labute approximate surface area is 100 Å². The Morgan fingerprint density at radius 1 is 1.07 bits per heavy atom. The van der Waals surface area contributed by atoms with Gasteiger partial charge in [0.1, 0.15) is 0 Å². The van der Waals surface area contributed by atoms with Gasteiger partial charge in [-0.05, 0) is 30.4 Å². The molecule has 0 aromatic heterocycles. The van der Waals surface area contributed by atoms with Crippen LogP contribution in [0.5, 0.6) is 0 Å². The minimum absolute atomic E-state index is 0.352. The second kappa shape index (κ2) is 10.8. The van der Waals surface area contributed by atoms with Crippen LogP contribution in [0.15, 0.2) is 0 Å². The van der Waals surface area contributed by atoms with Crippen molar-refractivity contribution in [2.45, 2.75) is 52.4 Å². The van der Waals surface area contributed by atoms with Crippen molar-refractivity contribution in [3.8, 4) is 0 Å². The van der Waals surface area contributed by atoms with Crippen LogP contribution in [-0.2, 0) is 0 Å². The lowest BCUT2D eigenvalue weighted by Gasteiger charge is -2.13. The highest BCUT2D eigenvalue weighted by Gasteiger charge is 2.06. The first-order chi connectivity index (χ1) is 7.20. The summed E-state index contributed by atoms with van der Waals surface area (Å²) in [4.78, 5) is 0. The van der Waals surface area contributed by atoms with Gasteiger partial charge >= 0.3 is 0 Å². The standard InChI is InChI=1S/C13H27OS/c1-12(2)7-5-4-6-8-13(11-14)9-10-15-3/h12-14H,3-11H2,1-2H3/t13-/m1/s1. The van der Waals surface area contributed by atoms with Crippen LogP contribution < -0.4 is 0 Å². The third-order valence-electron chi connectivity index (χ3n) is 2.82. The quantitative estimate of drug-likeness (QED) is 0.571. The molecule has 0 aliphatic rings. The van der Waals surface area contributed by atoms with E-state index in [-0.39, 0.29) is 0 Å². The molecule has 0 aliphatic carbocycles. The Kier molecular flexibility index (Phi) is 11.0. The minimum atomic E-state index is 0.352. The minimum Gasteiger partial charge on any atom is -0.396 e. The van der Waals surface area contributed by atoms with Gasteiger partial charge in [0.25, 0.3) is 0 Å². The zero-order valence-electron chi connectivity index (χ0n) is 10.4. The largest absolute Gasteiger partial charge is 0.396 e. The highest BCUT2D eigenvalue weighted by Crippen LogP contribution is 2.17. The summed E-state index contributed by atoms with van der Waals surface area (Å²) in [5, 5.41) is 9.17. The maximum Gasteiger partial charge on any atom is 0.0459 e. The molecule has 1 N–H and O–H groups in total. The molecule has 0 amide bonds. The first-order valence-electron chi connectivity index (χ1n) is 6.18. The van der Waals surface area contributed by atoms with Crippen molar-refractivity contribution in [2.75, 3.05) is 12.4 Å². The van der Waals surface area contributed by atoms with Crippen molar-refractivity contribution in [1.29, 1.82) is 0 Å². The van der Waals surface area contributed by atoms with Crippen LogP contribution in [0.3, 0.4) is 0 Å². The average molecular weight is 231 g/mol. The Hall–Kier alpha value is 0.310. The molecule has 0 saturated carbocycles. The fourth-order valence-electron chi connectivity index (χ4n) is 1.74. The molecule has 0 aromatic carbocycles. The summed E-state index contributed by atoms with van der Waals surface area (Å²) in [6.45, 7) is 4.91. The highest BCUT2D eigenvalue weighted by atomic mass is 32.2. The summed E-state index contributed by atoms with van der Waals surface area (Å²) >= 11 is 1.63. The van der Waals surface area contributed by atoms with Crippen LogP contribution in [0, 0.1) is 18.1 Å². The molecule has 0 heterocycles. The van der Waals surface area contributed by atoms with Gasteiger partial charge in [-0.25, -0.2) is 0 Å². The molecule has 1 nitrogen and oxygen atoms in total. The molecule has 0 saturated heterocycles. The average Bonchev–Trinajstić information content (AvgIpc) is 2.21. The third-order valence-corrected chi connectivity index (χ3v) is 3.35. The predicted octanol–water partition coefficient (Wildman–Crippen LogP) is 4.12. The number of unbranched alkanes of at least 4 members (excludes halogenated alkanes) is 2. The lowest BCUT2D eigenvalue weighted by Crippen LogP contribution is -2.07. The van der Waals surface area contributed by atoms with Crippen LogP contribution in [0.25, 0.3) is 0 Å². The maximum absolute atomic E-state index is 9.17. The van der Waals surface area contributed by atoms with Crippen molar-refractivity contribution >= 4 is 11.8 Å². The summed E-state index contributed by atoms with van der Waals surface area (Å²) < 4.78 is 0. The lowest BCUT2D eigenvalue weighted by atomic mass is 9.98. The van der Waals surface area contributed by atoms with Gasteiger partial charge < -0.3 is 5.11 Å². The Morgan fingerprint density at radius 3 is 2.27 bits per heavy atom. The second-order valence-corrected chi connectivity index (χ2v) is 5.59. The van der Waals surface area contributed by atoms with Crippen molar-refractivity contribution < 1.29 is 5.11 Å². The summed E-state index contributed by atoms with van der Waals surface area (Å²) in [5.74, 6) is 2.43. The summed E-state index contributed by atoms with van der Waals surface area (Å²) in [6.07, 6.45) is 11.4. The molecular weight excluding hydrogens is 204 g/mol. The van der Waals surface area contributed by atoms with Crippen molar-refractivity contribution in [3.05, 3.63) is 6.26 Å². The van der Waals surface area contributed by atoms with Gasteiger partial charge in [0.2, 0.25) is 0 Å². The summed E-state index contributed by atoms with van der Waals surface area (Å²) in [6, 6.07) is 0. The molecule has 0 fully saturated rings. The lowest BCUT2D eigenvalue weighted by molar-refractivity contribution is 0.212. The number of hydrogen-bond donors (Lipinski definition) is 1. The van der Waals surface area contributed by atoms with Gasteiger partial charge in [-0.3, -0.25) is 0 Å². The van der Waals surface area contributed by atoms with E-state index in [0.29, 0.717) is 12.5 Å². The Balaban J connectivity index is 3.30. The van der Waals surface area contributed by atoms with Crippen LogP contribution >= 0.6 is 11.8 Å². The molecule has 0 unspecified atom stereocenters. The topological polar surface area (TPSA) is 20.2 Å². The van der Waals surface area contributed by atoms with Crippen LogP contribution in [0.4, 0.5) is 0 Å². The summed E-state index contributed by atoms with van der Waals surface area (Å²) in [5.41, 5.74) is 0. The first-order valence-corrected chi connectivity index (χ1v) is 7.34. The van der Waals surface area contributed by atoms with Gasteiger partial charge in [-0.2, -0.15) is 11.8 Å². The molecule has 91 valence electrons. The first kappa shape index (κ1) is 15.3. The van der Waals surface area contributed by atoms with Gasteiger partial charge in [0, 0.05) is 12.9 Å². The molecule has 0 aromatic rings. The SMILES string of the molecule is [CH2]SCC[C@H](CO)CCCCCC(C)C.